The van der Waals surface area contributed by atoms with Crippen molar-refractivity contribution >= 4 is 29.6 Å². The molecular formula is C18H19N3O3S. The Morgan fingerprint density at radius 2 is 2.16 bits per heavy atom. The first-order valence-electron chi connectivity index (χ1n) is 8.44. The molecule has 1 saturated heterocycles. The minimum Gasteiger partial charge on any atom is -0.348 e. The number of carbonyl (C=O) groups excluding carboxylic acids is 3. The van der Waals surface area contributed by atoms with Crippen molar-refractivity contribution in [1.29, 1.82) is 0 Å². The van der Waals surface area contributed by atoms with Gasteiger partial charge >= 0.3 is 6.03 Å². The highest BCUT2D eigenvalue weighted by atomic mass is 32.2. The summed E-state index contributed by atoms with van der Waals surface area (Å²) in [6, 6.07) is 7.25. The van der Waals surface area contributed by atoms with Crippen LogP contribution < -0.4 is 10.6 Å². The van der Waals surface area contributed by atoms with E-state index in [0.717, 1.165) is 29.7 Å². The number of thioether (sulfide) groups is 1. The molecule has 0 bridgehead atoms. The quantitative estimate of drug-likeness (QED) is 0.864. The third-order valence-electron chi connectivity index (χ3n) is 4.89. The number of urea groups is 1. The number of nitrogens with zero attached hydrogens (tertiary/aromatic N) is 1. The van der Waals surface area contributed by atoms with E-state index in [-0.39, 0.29) is 35.7 Å². The van der Waals surface area contributed by atoms with Gasteiger partial charge in [0, 0.05) is 0 Å². The fraction of sp³-hybridized carbons (Fsp3) is 0.389. The molecule has 1 aromatic rings. The lowest BCUT2D eigenvalue weighted by Gasteiger charge is -2.33. The van der Waals surface area contributed by atoms with E-state index in [4.69, 9.17) is 0 Å². The molecule has 0 saturated carbocycles. The second-order valence-electron chi connectivity index (χ2n) is 6.50. The lowest BCUT2D eigenvalue weighted by atomic mass is 9.88. The summed E-state index contributed by atoms with van der Waals surface area (Å²) in [4.78, 5) is 38.1. The Hall–Kier alpha value is -2.28. The van der Waals surface area contributed by atoms with Gasteiger partial charge < -0.3 is 10.6 Å². The first kappa shape index (κ1) is 16.2. The summed E-state index contributed by atoms with van der Waals surface area (Å²) in [5.74, 6) is -0.609. The molecule has 3 unspecified atom stereocenters. The second kappa shape index (κ2) is 6.55. The number of imide groups is 1. The molecule has 2 N–H and O–H groups in total. The van der Waals surface area contributed by atoms with Crippen molar-refractivity contribution in [3.8, 4) is 0 Å². The van der Waals surface area contributed by atoms with Crippen LogP contribution in [0.1, 0.15) is 30.0 Å². The summed E-state index contributed by atoms with van der Waals surface area (Å²) in [6.45, 7) is -0.243. The largest absolute Gasteiger partial charge is 0.348 e. The number of rotatable bonds is 3. The standard InChI is InChI=1S/C18H19N3O3S/c22-15(19-13-7-3-5-11-4-1-2-6-12(11)13)10-21-17(23)16-14(8-9-25-16)20-18(21)24/h1-2,4,6,8-9,13-14,16H,3,5,7,10H2,(H,19,22)(H,20,24). The minimum absolute atomic E-state index is 0.0596. The molecule has 7 heteroatoms. The van der Waals surface area contributed by atoms with E-state index in [1.807, 2.05) is 29.7 Å². The van der Waals surface area contributed by atoms with Gasteiger partial charge in [0.05, 0.1) is 12.1 Å². The van der Waals surface area contributed by atoms with Gasteiger partial charge in [0.25, 0.3) is 0 Å². The SMILES string of the molecule is O=C(CN1C(=O)NC2C=CSC2C1=O)NC1CCCc2ccccc21. The van der Waals surface area contributed by atoms with E-state index in [2.05, 4.69) is 16.7 Å². The molecule has 4 rings (SSSR count). The van der Waals surface area contributed by atoms with Crippen molar-refractivity contribution in [3.05, 3.63) is 46.9 Å². The monoisotopic (exact) mass is 357 g/mol. The van der Waals surface area contributed by atoms with Gasteiger partial charge in [-0.3, -0.25) is 14.5 Å². The highest BCUT2D eigenvalue weighted by Crippen LogP contribution is 2.30. The van der Waals surface area contributed by atoms with Crippen LogP contribution in [0.25, 0.3) is 0 Å². The first-order valence-corrected chi connectivity index (χ1v) is 9.39. The minimum atomic E-state index is -0.502. The molecule has 2 aliphatic heterocycles. The first-order chi connectivity index (χ1) is 12.1. The molecule has 130 valence electrons. The molecule has 2 heterocycles. The zero-order chi connectivity index (χ0) is 17.4. The van der Waals surface area contributed by atoms with Crippen molar-refractivity contribution in [2.45, 2.75) is 36.6 Å². The Morgan fingerprint density at radius 3 is 3.04 bits per heavy atom. The molecular weight excluding hydrogens is 338 g/mol. The van der Waals surface area contributed by atoms with Crippen LogP contribution in [0.3, 0.4) is 0 Å². The molecule has 6 nitrogen and oxygen atoms in total. The average molecular weight is 357 g/mol. The van der Waals surface area contributed by atoms with Crippen LogP contribution in [0.2, 0.25) is 0 Å². The zero-order valence-corrected chi connectivity index (χ0v) is 14.4. The Bertz CT molecular complexity index is 764. The second-order valence-corrected chi connectivity index (χ2v) is 7.55. The van der Waals surface area contributed by atoms with Gasteiger partial charge in [-0.2, -0.15) is 0 Å². The molecule has 1 aromatic carbocycles. The number of carbonyl (C=O) groups is 3. The Balaban J connectivity index is 1.43. The molecule has 3 atom stereocenters. The van der Waals surface area contributed by atoms with Crippen LogP contribution in [-0.4, -0.2) is 40.6 Å². The van der Waals surface area contributed by atoms with E-state index in [0.29, 0.717) is 0 Å². The van der Waals surface area contributed by atoms with Crippen molar-refractivity contribution < 1.29 is 14.4 Å². The maximum atomic E-state index is 12.5. The van der Waals surface area contributed by atoms with Crippen LogP contribution in [-0.2, 0) is 16.0 Å². The molecule has 0 radical (unpaired) electrons. The third-order valence-corrected chi connectivity index (χ3v) is 5.99. The third kappa shape index (κ3) is 3.04. The number of benzene rings is 1. The van der Waals surface area contributed by atoms with Gasteiger partial charge in [-0.1, -0.05) is 30.3 Å². The predicted molar refractivity (Wildman–Crippen MR) is 94.8 cm³/mol. The highest BCUT2D eigenvalue weighted by molar-refractivity contribution is 8.03. The number of hydrogen-bond donors (Lipinski definition) is 2. The summed E-state index contributed by atoms with van der Waals surface area (Å²) in [7, 11) is 0. The fourth-order valence-electron chi connectivity index (χ4n) is 3.65. The smallest absolute Gasteiger partial charge is 0.325 e. The van der Waals surface area contributed by atoms with Crippen LogP contribution >= 0.6 is 11.8 Å². The predicted octanol–water partition coefficient (Wildman–Crippen LogP) is 1.73. The zero-order valence-electron chi connectivity index (χ0n) is 13.6. The number of aryl methyl sites for hydroxylation is 1. The molecule has 0 spiro atoms. The van der Waals surface area contributed by atoms with E-state index in [1.165, 1.54) is 17.3 Å². The van der Waals surface area contributed by atoms with Crippen molar-refractivity contribution in [3.63, 3.8) is 0 Å². The highest BCUT2D eigenvalue weighted by Gasteiger charge is 2.42. The average Bonchev–Trinajstić information content (AvgIpc) is 3.07. The van der Waals surface area contributed by atoms with Gasteiger partial charge in [0.2, 0.25) is 11.8 Å². The summed E-state index contributed by atoms with van der Waals surface area (Å²) >= 11 is 1.38. The Morgan fingerprint density at radius 1 is 1.32 bits per heavy atom. The molecule has 1 aliphatic carbocycles. The van der Waals surface area contributed by atoms with Gasteiger partial charge in [0.15, 0.2) is 0 Å². The molecule has 3 aliphatic rings. The Kier molecular flexibility index (Phi) is 4.25. The molecule has 0 aromatic heterocycles. The maximum absolute atomic E-state index is 12.5. The molecule has 1 fully saturated rings. The fourth-order valence-corrected chi connectivity index (χ4v) is 4.65. The van der Waals surface area contributed by atoms with Crippen LogP contribution in [0.4, 0.5) is 4.79 Å². The summed E-state index contributed by atoms with van der Waals surface area (Å²) in [5, 5.41) is 7.21. The van der Waals surface area contributed by atoms with Gasteiger partial charge in [-0.25, -0.2) is 4.79 Å². The van der Waals surface area contributed by atoms with E-state index in [1.54, 1.807) is 0 Å². The van der Waals surface area contributed by atoms with Crippen molar-refractivity contribution in [2.24, 2.45) is 0 Å². The number of fused-ring (bicyclic) bond motifs is 2. The normalized spacial score (nSPS) is 27.5. The number of amides is 4. The molecule has 4 amide bonds. The summed E-state index contributed by atoms with van der Waals surface area (Å²) < 4.78 is 0. The van der Waals surface area contributed by atoms with E-state index >= 15 is 0 Å². The van der Waals surface area contributed by atoms with Gasteiger partial charge in [-0.15, -0.1) is 11.8 Å². The molecule has 25 heavy (non-hydrogen) atoms. The van der Waals surface area contributed by atoms with E-state index in [9.17, 15) is 14.4 Å². The lowest BCUT2D eigenvalue weighted by molar-refractivity contribution is -0.134. The van der Waals surface area contributed by atoms with Crippen LogP contribution in [0, 0.1) is 0 Å². The van der Waals surface area contributed by atoms with Gasteiger partial charge in [-0.05, 0) is 35.8 Å². The maximum Gasteiger partial charge on any atom is 0.325 e. The lowest BCUT2D eigenvalue weighted by Crippen LogP contribution is -2.61. The number of hydrogen-bond acceptors (Lipinski definition) is 4. The number of nitrogens with one attached hydrogen (secondary N) is 2. The van der Waals surface area contributed by atoms with Gasteiger partial charge in [0.1, 0.15) is 11.8 Å². The van der Waals surface area contributed by atoms with Crippen LogP contribution in [0.5, 0.6) is 0 Å². The Labute approximate surface area is 150 Å². The van der Waals surface area contributed by atoms with E-state index < -0.39 is 6.03 Å². The van der Waals surface area contributed by atoms with Crippen LogP contribution in [0.15, 0.2) is 35.7 Å². The van der Waals surface area contributed by atoms with Crippen molar-refractivity contribution in [1.82, 2.24) is 15.5 Å². The summed E-state index contributed by atoms with van der Waals surface area (Å²) in [6.07, 6.45) is 4.70. The van der Waals surface area contributed by atoms with Crippen molar-refractivity contribution in [2.75, 3.05) is 6.54 Å². The summed E-state index contributed by atoms with van der Waals surface area (Å²) in [5.41, 5.74) is 2.38. The topological polar surface area (TPSA) is 78.5 Å².